The van der Waals surface area contributed by atoms with E-state index in [1.807, 2.05) is 0 Å². The zero-order valence-electron chi connectivity index (χ0n) is 20.0. The van der Waals surface area contributed by atoms with Crippen molar-refractivity contribution in [2.75, 3.05) is 33.3 Å². The molecule has 2 aromatic rings. The van der Waals surface area contributed by atoms with Crippen LogP contribution in [-0.2, 0) is 6.18 Å². The quantitative estimate of drug-likeness (QED) is 0.444. The second-order valence-corrected chi connectivity index (χ2v) is 8.60. The smallest absolute Gasteiger partial charge is 0.420 e. The summed E-state index contributed by atoms with van der Waals surface area (Å²) in [6, 6.07) is 9.56. The van der Waals surface area contributed by atoms with Crippen LogP contribution < -0.4 is 14.8 Å². The molecule has 1 aliphatic heterocycles. The van der Waals surface area contributed by atoms with Crippen LogP contribution in [0, 0.1) is 11.3 Å². The molecule has 11 heteroatoms. The number of methoxy groups -OCH3 is 1. The number of likely N-dealkylation sites (N-methyl/N-ethyl adjacent to an activating group) is 1. The number of thioether (sulfide) groups is 1. The van der Waals surface area contributed by atoms with Crippen molar-refractivity contribution in [1.29, 1.82) is 5.26 Å². The van der Waals surface area contributed by atoms with Crippen molar-refractivity contribution in [3.8, 4) is 23.3 Å². The Balaban J connectivity index is 1.94. The minimum atomic E-state index is -4.72. The van der Waals surface area contributed by atoms with Gasteiger partial charge in [-0.2, -0.15) is 18.4 Å². The lowest BCUT2D eigenvalue weighted by Gasteiger charge is -2.17. The summed E-state index contributed by atoms with van der Waals surface area (Å²) >= 11 is 0.969. The van der Waals surface area contributed by atoms with E-state index in [2.05, 4.69) is 29.1 Å². The zero-order valence-corrected chi connectivity index (χ0v) is 20.8. The van der Waals surface area contributed by atoms with Crippen LogP contribution in [0.25, 0.3) is 6.08 Å². The van der Waals surface area contributed by atoms with Gasteiger partial charge >= 0.3 is 6.18 Å². The summed E-state index contributed by atoms with van der Waals surface area (Å²) in [6.45, 7) is 7.14. The van der Waals surface area contributed by atoms with E-state index in [1.54, 1.807) is 24.3 Å². The third-order valence-electron chi connectivity index (χ3n) is 5.37. The van der Waals surface area contributed by atoms with E-state index < -0.39 is 17.5 Å². The molecule has 1 heterocycles. The van der Waals surface area contributed by atoms with Gasteiger partial charge in [-0.3, -0.25) is 9.79 Å². The predicted molar refractivity (Wildman–Crippen MR) is 133 cm³/mol. The van der Waals surface area contributed by atoms with Gasteiger partial charge in [-0.1, -0.05) is 26.0 Å². The number of para-hydroxylation sites is 1. The molecule has 0 bridgehead atoms. The van der Waals surface area contributed by atoms with Gasteiger partial charge < -0.3 is 19.7 Å². The fourth-order valence-electron chi connectivity index (χ4n) is 3.51. The second-order valence-electron chi connectivity index (χ2n) is 7.58. The summed E-state index contributed by atoms with van der Waals surface area (Å²) in [5.74, 6) is 0.196. The highest BCUT2D eigenvalue weighted by Crippen LogP contribution is 2.42. The van der Waals surface area contributed by atoms with Crippen molar-refractivity contribution in [2.24, 2.45) is 4.99 Å². The maximum Gasteiger partial charge on any atom is 0.420 e. The standard InChI is InChI=1S/C25H25F3N4O3S/c1-4-32(5-2)12-11-30-23-21(36-24(33)31-23)14-17-7-6-8-20(22(17)34-3)35-19-10-9-16(15-29)13-18(19)25(26,27)28/h6-10,13-14H,4-5,11-12H2,1-3H3,(H,30,31,33). The van der Waals surface area contributed by atoms with Gasteiger partial charge in [0.25, 0.3) is 5.24 Å². The van der Waals surface area contributed by atoms with Crippen LogP contribution in [0.2, 0.25) is 0 Å². The monoisotopic (exact) mass is 518 g/mol. The van der Waals surface area contributed by atoms with Gasteiger partial charge in [-0.25, -0.2) is 0 Å². The SMILES string of the molecule is CCN(CC)CCN=C1NC(=O)SC1=Cc1cccc(Oc2ccc(C#N)cc2C(F)(F)F)c1OC. The number of hydrogen-bond acceptors (Lipinski definition) is 7. The average molecular weight is 519 g/mol. The van der Waals surface area contributed by atoms with E-state index in [-0.39, 0.29) is 22.3 Å². The van der Waals surface area contributed by atoms with Gasteiger partial charge in [0.05, 0.1) is 35.8 Å². The summed E-state index contributed by atoms with van der Waals surface area (Å²) < 4.78 is 51.9. The number of halogens is 3. The number of nitrogens with one attached hydrogen (secondary N) is 1. The number of rotatable bonds is 9. The molecular weight excluding hydrogens is 493 g/mol. The van der Waals surface area contributed by atoms with Crippen LogP contribution in [0.15, 0.2) is 46.3 Å². The highest BCUT2D eigenvalue weighted by Gasteiger charge is 2.35. The topological polar surface area (TPSA) is 87.0 Å². The van der Waals surface area contributed by atoms with Gasteiger partial charge in [-0.15, -0.1) is 0 Å². The number of nitriles is 1. The van der Waals surface area contributed by atoms with Crippen LogP contribution >= 0.6 is 11.8 Å². The molecule has 1 N–H and O–H groups in total. The lowest BCUT2D eigenvalue weighted by molar-refractivity contribution is -0.138. The Hall–Kier alpha value is -3.49. The highest BCUT2D eigenvalue weighted by atomic mass is 32.2. The minimum absolute atomic E-state index is 0.0457. The molecule has 1 fully saturated rings. The summed E-state index contributed by atoms with van der Waals surface area (Å²) in [5.41, 5.74) is -0.716. The summed E-state index contributed by atoms with van der Waals surface area (Å²) in [4.78, 5) is 19.3. The zero-order chi connectivity index (χ0) is 26.3. The Labute approximate surface area is 211 Å². The summed E-state index contributed by atoms with van der Waals surface area (Å²) in [5, 5.41) is 11.4. The lowest BCUT2D eigenvalue weighted by atomic mass is 10.1. The summed E-state index contributed by atoms with van der Waals surface area (Å²) in [7, 11) is 1.37. The van der Waals surface area contributed by atoms with Crippen LogP contribution in [0.4, 0.5) is 18.0 Å². The van der Waals surface area contributed by atoms with E-state index in [4.69, 9.17) is 14.7 Å². The van der Waals surface area contributed by atoms with Crippen molar-refractivity contribution in [2.45, 2.75) is 20.0 Å². The Morgan fingerprint density at radius 2 is 1.94 bits per heavy atom. The van der Waals surface area contributed by atoms with E-state index in [0.717, 1.165) is 43.5 Å². The highest BCUT2D eigenvalue weighted by molar-refractivity contribution is 8.18. The van der Waals surface area contributed by atoms with Gasteiger partial charge in [0.1, 0.15) is 11.6 Å². The number of alkyl halides is 3. The van der Waals surface area contributed by atoms with Crippen molar-refractivity contribution < 1.29 is 27.4 Å². The first kappa shape index (κ1) is 27.1. The van der Waals surface area contributed by atoms with Gasteiger partial charge in [0, 0.05) is 12.1 Å². The van der Waals surface area contributed by atoms with Gasteiger partial charge in [0.15, 0.2) is 11.5 Å². The Bertz CT molecular complexity index is 1220. The Morgan fingerprint density at radius 1 is 1.19 bits per heavy atom. The maximum atomic E-state index is 13.6. The molecule has 0 aliphatic carbocycles. The van der Waals surface area contributed by atoms with Crippen molar-refractivity contribution in [3.63, 3.8) is 0 Å². The van der Waals surface area contributed by atoms with Crippen LogP contribution in [0.1, 0.15) is 30.5 Å². The number of amides is 1. The Morgan fingerprint density at radius 3 is 2.58 bits per heavy atom. The minimum Gasteiger partial charge on any atom is -0.492 e. The van der Waals surface area contributed by atoms with E-state index in [9.17, 15) is 18.0 Å². The number of amidine groups is 1. The fourth-order valence-corrected chi connectivity index (χ4v) is 4.25. The predicted octanol–water partition coefficient (Wildman–Crippen LogP) is 5.92. The maximum absolute atomic E-state index is 13.6. The average Bonchev–Trinajstić information content (AvgIpc) is 3.20. The second kappa shape index (κ2) is 12.0. The molecule has 7 nitrogen and oxygen atoms in total. The molecule has 36 heavy (non-hydrogen) atoms. The lowest BCUT2D eigenvalue weighted by Crippen LogP contribution is -2.27. The summed E-state index contributed by atoms with van der Waals surface area (Å²) in [6.07, 6.45) is -3.05. The molecule has 1 amide bonds. The van der Waals surface area contributed by atoms with E-state index >= 15 is 0 Å². The largest absolute Gasteiger partial charge is 0.492 e. The Kier molecular flexibility index (Phi) is 9.01. The van der Waals surface area contributed by atoms with E-state index in [1.165, 1.54) is 19.2 Å². The normalized spacial score (nSPS) is 15.9. The fraction of sp³-hybridized carbons (Fsp3) is 0.320. The van der Waals surface area contributed by atoms with Crippen molar-refractivity contribution in [3.05, 3.63) is 58.0 Å². The number of carbonyl (C=O) groups excluding carboxylic acids is 1. The molecule has 1 aliphatic rings. The molecule has 0 aromatic heterocycles. The molecule has 0 unspecified atom stereocenters. The third-order valence-corrected chi connectivity index (χ3v) is 6.19. The molecule has 3 rings (SSSR count). The number of nitrogens with zero attached hydrogens (tertiary/aromatic N) is 3. The third kappa shape index (κ3) is 6.59. The molecule has 0 atom stereocenters. The first-order chi connectivity index (χ1) is 17.2. The number of benzene rings is 2. The number of carbonyl (C=O) groups is 1. The molecular formula is C25H25F3N4O3S. The molecule has 0 radical (unpaired) electrons. The van der Waals surface area contributed by atoms with Crippen LogP contribution in [-0.4, -0.2) is 49.3 Å². The first-order valence-electron chi connectivity index (χ1n) is 11.1. The number of hydrogen-bond donors (Lipinski definition) is 1. The molecule has 2 aromatic carbocycles. The van der Waals surface area contributed by atoms with Crippen LogP contribution in [0.3, 0.4) is 0 Å². The van der Waals surface area contributed by atoms with E-state index in [0.29, 0.717) is 22.8 Å². The molecule has 0 saturated carbocycles. The first-order valence-corrected chi connectivity index (χ1v) is 12.0. The number of ether oxygens (including phenoxy) is 2. The van der Waals surface area contributed by atoms with Crippen LogP contribution in [0.5, 0.6) is 17.2 Å². The van der Waals surface area contributed by atoms with Gasteiger partial charge in [0.2, 0.25) is 0 Å². The number of aliphatic imine (C=N–C) groups is 1. The molecule has 1 saturated heterocycles. The van der Waals surface area contributed by atoms with Gasteiger partial charge in [-0.05, 0) is 55.2 Å². The van der Waals surface area contributed by atoms with Crippen molar-refractivity contribution in [1.82, 2.24) is 10.2 Å². The molecule has 0 spiro atoms. The van der Waals surface area contributed by atoms with Crippen molar-refractivity contribution >= 4 is 28.9 Å². The molecule has 190 valence electrons.